The second kappa shape index (κ2) is 6.77. The number of aromatic nitrogens is 2. The summed E-state index contributed by atoms with van der Waals surface area (Å²) in [6, 6.07) is 7.92. The number of rotatable bonds is 5. The predicted molar refractivity (Wildman–Crippen MR) is 85.8 cm³/mol. The highest BCUT2D eigenvalue weighted by Gasteiger charge is 2.05. The summed E-state index contributed by atoms with van der Waals surface area (Å²) >= 11 is 1.46. The standard InChI is InChI=1S/C13H13N3O4S2/c1-21-12-8-10(15-13(14)16-12)5-2-9-3-6-11(7-4-9)20-22(17,18)19/h2-8H,1H3,(H2,14,15,16)(H,17,18,19)/b5-2+. The highest BCUT2D eigenvalue weighted by atomic mass is 32.3. The molecule has 3 N–H and O–H groups in total. The average Bonchev–Trinajstić information content (AvgIpc) is 2.44. The molecule has 1 heterocycles. The van der Waals surface area contributed by atoms with Crippen molar-refractivity contribution in [2.75, 3.05) is 12.0 Å². The Hall–Kier alpha value is -2.10. The maximum absolute atomic E-state index is 10.6. The Morgan fingerprint density at radius 1 is 1.23 bits per heavy atom. The molecular formula is C13H13N3O4S2. The summed E-state index contributed by atoms with van der Waals surface area (Å²) in [7, 11) is -4.51. The molecule has 0 aliphatic rings. The van der Waals surface area contributed by atoms with Gasteiger partial charge in [-0.1, -0.05) is 18.2 Å². The molecule has 0 saturated heterocycles. The lowest BCUT2D eigenvalue weighted by molar-refractivity contribution is 0.387. The fraction of sp³-hybridized carbons (Fsp3) is 0.0769. The zero-order chi connectivity index (χ0) is 16.2. The van der Waals surface area contributed by atoms with Gasteiger partial charge in [-0.3, -0.25) is 4.55 Å². The van der Waals surface area contributed by atoms with Gasteiger partial charge in [0.1, 0.15) is 10.8 Å². The van der Waals surface area contributed by atoms with Crippen molar-refractivity contribution in [2.24, 2.45) is 0 Å². The van der Waals surface area contributed by atoms with Gasteiger partial charge in [-0.05, 0) is 36.1 Å². The summed E-state index contributed by atoms with van der Waals surface area (Å²) in [4.78, 5) is 8.14. The Kier molecular flexibility index (Phi) is 5.01. The molecule has 0 unspecified atom stereocenters. The van der Waals surface area contributed by atoms with E-state index in [-0.39, 0.29) is 11.7 Å². The molecule has 0 aliphatic carbocycles. The van der Waals surface area contributed by atoms with Crippen LogP contribution in [0.1, 0.15) is 11.3 Å². The zero-order valence-corrected chi connectivity index (χ0v) is 13.1. The first-order valence-corrected chi connectivity index (χ1v) is 8.58. The van der Waals surface area contributed by atoms with Crippen molar-refractivity contribution in [3.63, 3.8) is 0 Å². The van der Waals surface area contributed by atoms with Crippen LogP contribution < -0.4 is 9.92 Å². The molecule has 0 aliphatic heterocycles. The van der Waals surface area contributed by atoms with E-state index in [1.54, 1.807) is 30.4 Å². The fourth-order valence-corrected chi connectivity index (χ4v) is 2.37. The van der Waals surface area contributed by atoms with Gasteiger partial charge in [-0.2, -0.15) is 8.42 Å². The molecule has 0 radical (unpaired) electrons. The number of nitrogen functional groups attached to an aromatic ring is 1. The van der Waals surface area contributed by atoms with Crippen molar-refractivity contribution in [1.29, 1.82) is 0 Å². The smallest absolute Gasteiger partial charge is 0.368 e. The van der Waals surface area contributed by atoms with Crippen molar-refractivity contribution >= 4 is 40.3 Å². The monoisotopic (exact) mass is 339 g/mol. The summed E-state index contributed by atoms with van der Waals surface area (Å²) in [5.41, 5.74) is 7.08. The molecule has 0 fully saturated rings. The van der Waals surface area contributed by atoms with Gasteiger partial charge in [-0.25, -0.2) is 9.97 Å². The molecule has 22 heavy (non-hydrogen) atoms. The minimum Gasteiger partial charge on any atom is -0.368 e. The first-order valence-electron chi connectivity index (χ1n) is 5.99. The Balaban J connectivity index is 2.15. The second-order valence-electron chi connectivity index (χ2n) is 4.11. The minimum atomic E-state index is -4.51. The summed E-state index contributed by atoms with van der Waals surface area (Å²) in [5, 5.41) is 0.768. The molecule has 1 aromatic heterocycles. The molecule has 2 aromatic rings. The van der Waals surface area contributed by atoms with Crippen LogP contribution in [0.3, 0.4) is 0 Å². The molecule has 1 aromatic carbocycles. The lowest BCUT2D eigenvalue weighted by atomic mass is 10.2. The molecule has 116 valence electrons. The number of hydrogen-bond acceptors (Lipinski definition) is 7. The van der Waals surface area contributed by atoms with Gasteiger partial charge < -0.3 is 9.92 Å². The molecule has 2 rings (SSSR count). The summed E-state index contributed by atoms with van der Waals surface area (Å²) in [6.07, 6.45) is 5.43. The highest BCUT2D eigenvalue weighted by Crippen LogP contribution is 2.17. The quantitative estimate of drug-likeness (QED) is 0.483. The lowest BCUT2D eigenvalue weighted by Crippen LogP contribution is -2.06. The SMILES string of the molecule is CSc1cc(/C=C/c2ccc(OS(=O)(=O)O)cc2)nc(N)n1. The number of nitrogens with two attached hydrogens (primary N) is 1. The van der Waals surface area contributed by atoms with Gasteiger partial charge >= 0.3 is 10.4 Å². The van der Waals surface area contributed by atoms with Crippen molar-refractivity contribution in [2.45, 2.75) is 5.03 Å². The number of anilines is 1. The van der Waals surface area contributed by atoms with E-state index in [1.807, 2.05) is 6.26 Å². The van der Waals surface area contributed by atoms with Gasteiger partial charge in [0.05, 0.1) is 5.69 Å². The topological polar surface area (TPSA) is 115 Å². The van der Waals surface area contributed by atoms with Crippen LogP contribution in [0.15, 0.2) is 35.4 Å². The summed E-state index contributed by atoms with van der Waals surface area (Å²) in [6.45, 7) is 0. The third-order valence-corrected chi connectivity index (χ3v) is 3.51. The van der Waals surface area contributed by atoms with Crippen LogP contribution in [0.2, 0.25) is 0 Å². The van der Waals surface area contributed by atoms with E-state index in [9.17, 15) is 8.42 Å². The average molecular weight is 339 g/mol. The summed E-state index contributed by atoms with van der Waals surface area (Å²) in [5.74, 6) is 0.221. The normalized spacial score (nSPS) is 11.7. The first kappa shape index (κ1) is 16.3. The number of benzene rings is 1. The number of hydrogen-bond donors (Lipinski definition) is 2. The molecule has 9 heteroatoms. The van der Waals surface area contributed by atoms with E-state index >= 15 is 0 Å². The Morgan fingerprint density at radius 2 is 1.91 bits per heavy atom. The van der Waals surface area contributed by atoms with Crippen LogP contribution in [0.5, 0.6) is 5.75 Å². The maximum Gasteiger partial charge on any atom is 0.446 e. The van der Waals surface area contributed by atoms with E-state index in [0.29, 0.717) is 5.69 Å². The van der Waals surface area contributed by atoms with Gasteiger partial charge in [-0.15, -0.1) is 11.8 Å². The first-order chi connectivity index (χ1) is 10.4. The third-order valence-electron chi connectivity index (χ3n) is 2.48. The molecular weight excluding hydrogens is 326 g/mol. The van der Waals surface area contributed by atoms with Crippen molar-refractivity contribution in [1.82, 2.24) is 9.97 Å². The Bertz CT molecular complexity index is 789. The molecule has 0 bridgehead atoms. The zero-order valence-electron chi connectivity index (χ0n) is 11.5. The minimum absolute atomic E-state index is 0.0237. The molecule has 0 saturated carbocycles. The van der Waals surface area contributed by atoms with Gasteiger partial charge in [0.2, 0.25) is 5.95 Å². The van der Waals surface area contributed by atoms with Gasteiger partial charge in [0.15, 0.2) is 0 Å². The molecule has 0 amide bonds. The van der Waals surface area contributed by atoms with E-state index in [0.717, 1.165) is 10.6 Å². The molecule has 0 atom stereocenters. The number of thioether (sulfide) groups is 1. The van der Waals surface area contributed by atoms with Crippen LogP contribution >= 0.6 is 11.8 Å². The van der Waals surface area contributed by atoms with E-state index in [4.69, 9.17) is 10.3 Å². The Morgan fingerprint density at radius 3 is 2.50 bits per heavy atom. The highest BCUT2D eigenvalue weighted by molar-refractivity contribution is 7.98. The van der Waals surface area contributed by atoms with Crippen molar-refractivity contribution < 1.29 is 17.2 Å². The van der Waals surface area contributed by atoms with E-state index < -0.39 is 10.4 Å². The van der Waals surface area contributed by atoms with E-state index in [1.165, 1.54) is 23.9 Å². The number of nitrogens with zero attached hydrogens (tertiary/aromatic N) is 2. The van der Waals surface area contributed by atoms with Crippen LogP contribution in [0, 0.1) is 0 Å². The van der Waals surface area contributed by atoms with Crippen molar-refractivity contribution in [3.05, 3.63) is 41.6 Å². The Labute approximate surface area is 132 Å². The van der Waals surface area contributed by atoms with E-state index in [2.05, 4.69) is 14.2 Å². The lowest BCUT2D eigenvalue weighted by Gasteiger charge is -2.02. The predicted octanol–water partition coefficient (Wildman–Crippen LogP) is 2.13. The van der Waals surface area contributed by atoms with Crippen molar-refractivity contribution in [3.8, 4) is 5.75 Å². The fourth-order valence-electron chi connectivity index (χ4n) is 1.59. The van der Waals surface area contributed by atoms with Crippen LogP contribution in [0.25, 0.3) is 12.2 Å². The maximum atomic E-state index is 10.6. The molecule has 0 spiro atoms. The van der Waals surface area contributed by atoms with Crippen LogP contribution in [-0.2, 0) is 10.4 Å². The third kappa shape index (κ3) is 5.02. The largest absolute Gasteiger partial charge is 0.446 e. The second-order valence-corrected chi connectivity index (χ2v) is 5.96. The van der Waals surface area contributed by atoms with Crippen LogP contribution in [-0.4, -0.2) is 29.2 Å². The van der Waals surface area contributed by atoms with Gasteiger partial charge in [0, 0.05) is 0 Å². The summed E-state index contributed by atoms with van der Waals surface area (Å²) < 4.78 is 34.1. The van der Waals surface area contributed by atoms with Gasteiger partial charge in [0.25, 0.3) is 0 Å². The molecule has 7 nitrogen and oxygen atoms in total. The van der Waals surface area contributed by atoms with Crippen LogP contribution in [0.4, 0.5) is 5.95 Å².